The molecule has 0 radical (unpaired) electrons. The maximum absolute atomic E-state index is 13.0. The lowest BCUT2D eigenvalue weighted by Crippen LogP contribution is -2.30. The fourth-order valence-electron chi connectivity index (χ4n) is 2.79. The average Bonchev–Trinajstić information content (AvgIpc) is 2.98. The SMILES string of the molecule is Cc1ccc(C(=O)Nc2ccc3c(C(=O)NC(C)C)nn(CC(F)(F)F)c3n2)cc1. The van der Waals surface area contributed by atoms with Crippen molar-refractivity contribution in [3.63, 3.8) is 0 Å². The van der Waals surface area contributed by atoms with Crippen LogP contribution in [0.3, 0.4) is 0 Å². The van der Waals surface area contributed by atoms with Gasteiger partial charge in [0.05, 0.1) is 5.39 Å². The number of anilines is 1. The van der Waals surface area contributed by atoms with Crippen LogP contribution in [0.4, 0.5) is 19.0 Å². The van der Waals surface area contributed by atoms with Gasteiger partial charge in [-0.2, -0.15) is 18.3 Å². The zero-order valence-corrected chi connectivity index (χ0v) is 16.5. The van der Waals surface area contributed by atoms with Crippen molar-refractivity contribution in [3.8, 4) is 0 Å². The molecule has 0 fully saturated rings. The third-order valence-corrected chi connectivity index (χ3v) is 4.11. The highest BCUT2D eigenvalue weighted by Gasteiger charge is 2.31. The van der Waals surface area contributed by atoms with Gasteiger partial charge in [-0.05, 0) is 45.0 Å². The van der Waals surface area contributed by atoms with E-state index in [4.69, 9.17) is 0 Å². The summed E-state index contributed by atoms with van der Waals surface area (Å²) in [6.45, 7) is 3.92. The summed E-state index contributed by atoms with van der Waals surface area (Å²) in [5.74, 6) is -1.01. The molecule has 2 amide bonds. The highest BCUT2D eigenvalue weighted by atomic mass is 19.4. The average molecular weight is 419 g/mol. The second kappa shape index (κ2) is 8.13. The summed E-state index contributed by atoms with van der Waals surface area (Å²) in [7, 11) is 0. The van der Waals surface area contributed by atoms with Crippen LogP contribution in [0.25, 0.3) is 11.0 Å². The molecular weight excluding hydrogens is 399 g/mol. The van der Waals surface area contributed by atoms with E-state index in [1.165, 1.54) is 12.1 Å². The van der Waals surface area contributed by atoms with Crippen LogP contribution in [0.2, 0.25) is 0 Å². The standard InChI is InChI=1S/C20H20F3N5O2/c1-11(2)24-19(30)16-14-8-9-15(25-17(14)28(27-16)10-20(21,22)23)26-18(29)13-6-4-12(3)5-7-13/h4-9,11H,10H2,1-3H3,(H,24,30)(H,25,26,29). The first kappa shape index (κ1) is 21.3. The summed E-state index contributed by atoms with van der Waals surface area (Å²) in [6, 6.07) is 9.41. The summed E-state index contributed by atoms with van der Waals surface area (Å²) in [4.78, 5) is 28.9. The van der Waals surface area contributed by atoms with Gasteiger partial charge in [0.2, 0.25) is 0 Å². The summed E-state index contributed by atoms with van der Waals surface area (Å²) < 4.78 is 39.6. The van der Waals surface area contributed by atoms with Gasteiger partial charge in [-0.25, -0.2) is 9.67 Å². The van der Waals surface area contributed by atoms with E-state index in [0.29, 0.717) is 10.2 Å². The molecule has 0 spiro atoms. The first-order valence-corrected chi connectivity index (χ1v) is 9.16. The smallest absolute Gasteiger partial charge is 0.348 e. The Labute approximate surface area is 170 Å². The number of hydrogen-bond acceptors (Lipinski definition) is 4. The van der Waals surface area contributed by atoms with Gasteiger partial charge in [-0.3, -0.25) is 9.59 Å². The molecule has 7 nitrogen and oxygen atoms in total. The first-order chi connectivity index (χ1) is 14.0. The lowest BCUT2D eigenvalue weighted by atomic mass is 10.1. The Morgan fingerprint density at radius 3 is 2.33 bits per heavy atom. The van der Waals surface area contributed by atoms with Crippen LogP contribution in [0.1, 0.15) is 40.3 Å². The van der Waals surface area contributed by atoms with Gasteiger partial charge in [0.25, 0.3) is 11.8 Å². The fraction of sp³-hybridized carbons (Fsp3) is 0.300. The van der Waals surface area contributed by atoms with Gasteiger partial charge in [-0.15, -0.1) is 0 Å². The van der Waals surface area contributed by atoms with E-state index in [1.54, 1.807) is 38.1 Å². The maximum Gasteiger partial charge on any atom is 0.408 e. The molecular formula is C20H20F3N5O2. The molecule has 2 N–H and O–H groups in total. The lowest BCUT2D eigenvalue weighted by molar-refractivity contribution is -0.142. The Bertz CT molecular complexity index is 1090. The molecule has 0 atom stereocenters. The predicted molar refractivity (Wildman–Crippen MR) is 105 cm³/mol. The number of fused-ring (bicyclic) bond motifs is 1. The zero-order chi connectivity index (χ0) is 22.1. The molecule has 30 heavy (non-hydrogen) atoms. The Kier molecular flexibility index (Phi) is 5.77. The third-order valence-electron chi connectivity index (χ3n) is 4.11. The van der Waals surface area contributed by atoms with Crippen LogP contribution < -0.4 is 10.6 Å². The molecule has 0 saturated heterocycles. The number of aromatic nitrogens is 3. The molecule has 0 saturated carbocycles. The number of nitrogens with one attached hydrogen (secondary N) is 2. The zero-order valence-electron chi connectivity index (χ0n) is 16.5. The minimum atomic E-state index is -4.56. The fourth-order valence-corrected chi connectivity index (χ4v) is 2.79. The van der Waals surface area contributed by atoms with Crippen molar-refractivity contribution in [1.82, 2.24) is 20.1 Å². The Morgan fingerprint density at radius 2 is 1.73 bits per heavy atom. The number of pyridine rings is 1. The van der Waals surface area contributed by atoms with Gasteiger partial charge in [0.15, 0.2) is 11.3 Å². The van der Waals surface area contributed by atoms with E-state index in [1.807, 2.05) is 6.92 Å². The summed E-state index contributed by atoms with van der Waals surface area (Å²) in [5.41, 5.74) is 1.05. The first-order valence-electron chi connectivity index (χ1n) is 9.16. The number of halogens is 3. The normalized spacial score (nSPS) is 11.7. The number of carbonyl (C=O) groups is 2. The molecule has 10 heteroatoms. The Hall–Kier alpha value is -3.43. The predicted octanol–water partition coefficient (Wildman–Crippen LogP) is 3.69. The molecule has 2 aromatic heterocycles. The van der Waals surface area contributed by atoms with Gasteiger partial charge in [-0.1, -0.05) is 17.7 Å². The van der Waals surface area contributed by atoms with Crippen LogP contribution >= 0.6 is 0 Å². The van der Waals surface area contributed by atoms with Crippen LogP contribution in [-0.4, -0.2) is 38.8 Å². The molecule has 0 aliphatic carbocycles. The molecule has 0 bridgehead atoms. The van der Waals surface area contributed by atoms with Crippen molar-refractivity contribution in [3.05, 3.63) is 53.2 Å². The molecule has 1 aromatic carbocycles. The molecule has 3 aromatic rings. The highest BCUT2D eigenvalue weighted by Crippen LogP contribution is 2.24. The van der Waals surface area contributed by atoms with Crippen LogP contribution in [-0.2, 0) is 6.54 Å². The summed E-state index contributed by atoms with van der Waals surface area (Å²) >= 11 is 0. The number of amides is 2. The van der Waals surface area contributed by atoms with Gasteiger partial charge in [0.1, 0.15) is 12.4 Å². The quantitative estimate of drug-likeness (QED) is 0.660. The van der Waals surface area contributed by atoms with Gasteiger partial charge in [0, 0.05) is 11.6 Å². The summed E-state index contributed by atoms with van der Waals surface area (Å²) in [6.07, 6.45) is -4.56. The number of nitrogens with zero attached hydrogens (tertiary/aromatic N) is 3. The maximum atomic E-state index is 13.0. The van der Waals surface area contributed by atoms with Crippen molar-refractivity contribution < 1.29 is 22.8 Å². The van der Waals surface area contributed by atoms with Gasteiger partial charge >= 0.3 is 6.18 Å². The minimum Gasteiger partial charge on any atom is -0.348 e. The molecule has 2 heterocycles. The number of benzene rings is 1. The number of rotatable bonds is 5. The Balaban J connectivity index is 1.98. The van der Waals surface area contributed by atoms with E-state index in [2.05, 4.69) is 20.7 Å². The second-order valence-corrected chi connectivity index (χ2v) is 7.14. The number of alkyl halides is 3. The van der Waals surface area contributed by atoms with E-state index in [9.17, 15) is 22.8 Å². The van der Waals surface area contributed by atoms with Crippen molar-refractivity contribution in [2.24, 2.45) is 0 Å². The highest BCUT2D eigenvalue weighted by molar-refractivity contribution is 6.06. The number of hydrogen-bond donors (Lipinski definition) is 2. The van der Waals surface area contributed by atoms with E-state index in [0.717, 1.165) is 5.56 Å². The van der Waals surface area contributed by atoms with Crippen LogP contribution in [0.15, 0.2) is 36.4 Å². The molecule has 0 unspecified atom stereocenters. The minimum absolute atomic E-state index is 0.0483. The van der Waals surface area contributed by atoms with Crippen LogP contribution in [0, 0.1) is 6.92 Å². The van der Waals surface area contributed by atoms with Crippen molar-refractivity contribution >= 4 is 28.7 Å². The lowest BCUT2D eigenvalue weighted by Gasteiger charge is -2.08. The molecule has 0 aliphatic rings. The van der Waals surface area contributed by atoms with E-state index >= 15 is 0 Å². The second-order valence-electron chi connectivity index (χ2n) is 7.14. The van der Waals surface area contributed by atoms with Crippen molar-refractivity contribution in [2.75, 3.05) is 5.32 Å². The van der Waals surface area contributed by atoms with Crippen molar-refractivity contribution in [2.45, 2.75) is 39.5 Å². The number of aryl methyl sites for hydroxylation is 1. The molecule has 3 rings (SSSR count). The largest absolute Gasteiger partial charge is 0.408 e. The van der Waals surface area contributed by atoms with Gasteiger partial charge < -0.3 is 10.6 Å². The van der Waals surface area contributed by atoms with E-state index < -0.39 is 24.5 Å². The summed E-state index contributed by atoms with van der Waals surface area (Å²) in [5, 5.41) is 9.15. The van der Waals surface area contributed by atoms with Crippen molar-refractivity contribution in [1.29, 1.82) is 0 Å². The number of carbonyl (C=O) groups excluding carboxylic acids is 2. The van der Waals surface area contributed by atoms with E-state index in [-0.39, 0.29) is 28.6 Å². The van der Waals surface area contributed by atoms with Crippen LogP contribution in [0.5, 0.6) is 0 Å². The monoisotopic (exact) mass is 419 g/mol. The third kappa shape index (κ3) is 4.94. The topological polar surface area (TPSA) is 88.9 Å². The Morgan fingerprint density at radius 1 is 1.07 bits per heavy atom. The molecule has 0 aliphatic heterocycles. The molecule has 158 valence electrons.